The maximum absolute atomic E-state index is 13.2. The van der Waals surface area contributed by atoms with E-state index in [-0.39, 0.29) is 23.4 Å². The van der Waals surface area contributed by atoms with Gasteiger partial charge in [0.1, 0.15) is 5.82 Å². The Kier molecular flexibility index (Phi) is 6.07. The third-order valence-corrected chi connectivity index (χ3v) is 6.46. The molecule has 3 heterocycles. The largest absolute Gasteiger partial charge is 0.471 e. The van der Waals surface area contributed by atoms with Gasteiger partial charge in [0.25, 0.3) is 0 Å². The molecule has 1 aliphatic heterocycles. The summed E-state index contributed by atoms with van der Waals surface area (Å²) in [6.45, 7) is 4.63. The average Bonchev–Trinajstić information content (AvgIpc) is 3.50. The summed E-state index contributed by atoms with van der Waals surface area (Å²) in [7, 11) is 0. The first kappa shape index (κ1) is 23.4. The first-order chi connectivity index (χ1) is 15.6. The Bertz CT molecular complexity index is 1060. The van der Waals surface area contributed by atoms with Gasteiger partial charge in [-0.1, -0.05) is 6.92 Å². The fourth-order valence-corrected chi connectivity index (χ4v) is 4.45. The molecule has 1 fully saturated rings. The summed E-state index contributed by atoms with van der Waals surface area (Å²) in [5.74, 6) is -3.84. The molecular formula is C23H26F4N4O2. The number of anilines is 1. The van der Waals surface area contributed by atoms with Crippen LogP contribution in [0.2, 0.25) is 0 Å². The van der Waals surface area contributed by atoms with E-state index in [2.05, 4.69) is 20.2 Å². The van der Waals surface area contributed by atoms with Gasteiger partial charge in [-0.05, 0) is 49.9 Å². The molecule has 0 bridgehead atoms. The van der Waals surface area contributed by atoms with E-state index in [4.69, 9.17) is 4.74 Å². The lowest BCUT2D eigenvalue weighted by Crippen LogP contribution is -2.34. The smallest absolute Gasteiger partial charge is 0.340 e. The first-order valence-electron chi connectivity index (χ1n) is 10.9. The molecule has 0 radical (unpaired) electrons. The molecule has 2 aliphatic rings. The van der Waals surface area contributed by atoms with E-state index in [0.29, 0.717) is 24.3 Å². The zero-order chi connectivity index (χ0) is 24.0. The number of halogens is 4. The number of aryl methyl sites for hydroxylation is 1. The second-order valence-electron chi connectivity index (χ2n) is 8.66. The molecule has 2 aromatic rings. The fourth-order valence-electron chi connectivity index (χ4n) is 4.45. The highest BCUT2D eigenvalue weighted by Crippen LogP contribution is 2.60. The highest BCUT2D eigenvalue weighted by molar-refractivity contribution is 5.90. The number of ether oxygens (including phenoxy) is 1. The third kappa shape index (κ3) is 4.28. The molecule has 1 atom stereocenters. The SMILES string of the molecule is CCC(=O)Nc1nccc2c1CN(C(C)c1cnc(OCC(F)(F)C(F)F)c(C)c1)C21CC1. The third-order valence-electron chi connectivity index (χ3n) is 6.46. The summed E-state index contributed by atoms with van der Waals surface area (Å²) in [4.78, 5) is 22.8. The molecule has 0 saturated heterocycles. The Balaban J connectivity index is 1.54. The molecule has 178 valence electrons. The van der Waals surface area contributed by atoms with Crippen LogP contribution >= 0.6 is 0 Å². The number of alkyl halides is 4. The molecule has 6 nitrogen and oxygen atoms in total. The fraction of sp³-hybridized carbons (Fsp3) is 0.522. The lowest BCUT2D eigenvalue weighted by atomic mass is 10.0. The van der Waals surface area contributed by atoms with Gasteiger partial charge < -0.3 is 10.1 Å². The number of aromatic nitrogens is 2. The summed E-state index contributed by atoms with van der Waals surface area (Å²) >= 11 is 0. The number of nitrogens with zero attached hydrogens (tertiary/aromatic N) is 3. The predicted octanol–water partition coefficient (Wildman–Crippen LogP) is 4.98. The van der Waals surface area contributed by atoms with Crippen LogP contribution in [0.1, 0.15) is 61.4 Å². The molecule has 4 rings (SSSR count). The quantitative estimate of drug-likeness (QED) is 0.556. The minimum Gasteiger partial charge on any atom is -0.471 e. The average molecular weight is 466 g/mol. The van der Waals surface area contributed by atoms with Crippen LogP contribution in [-0.4, -0.2) is 39.7 Å². The van der Waals surface area contributed by atoms with Gasteiger partial charge in [0.05, 0.1) is 0 Å². The number of rotatable bonds is 8. The number of fused-ring (bicyclic) bond motifs is 2. The van der Waals surface area contributed by atoms with Crippen molar-refractivity contribution in [3.8, 4) is 5.88 Å². The van der Waals surface area contributed by atoms with Gasteiger partial charge in [-0.3, -0.25) is 9.69 Å². The number of nitrogens with one attached hydrogen (secondary N) is 1. The second kappa shape index (κ2) is 8.55. The van der Waals surface area contributed by atoms with Crippen molar-refractivity contribution in [1.29, 1.82) is 0 Å². The van der Waals surface area contributed by atoms with E-state index in [1.54, 1.807) is 26.1 Å². The molecular weight excluding hydrogens is 440 g/mol. The normalized spacial score (nSPS) is 17.8. The molecule has 10 heteroatoms. The van der Waals surface area contributed by atoms with Crippen molar-refractivity contribution in [3.63, 3.8) is 0 Å². The van der Waals surface area contributed by atoms with Gasteiger partial charge in [-0.15, -0.1) is 0 Å². The van der Waals surface area contributed by atoms with Crippen LogP contribution in [0.4, 0.5) is 23.4 Å². The molecule has 1 saturated carbocycles. The van der Waals surface area contributed by atoms with Gasteiger partial charge in [0.15, 0.2) is 6.61 Å². The summed E-state index contributed by atoms with van der Waals surface area (Å²) in [5, 5.41) is 2.89. The summed E-state index contributed by atoms with van der Waals surface area (Å²) in [6, 6.07) is 3.71. The zero-order valence-corrected chi connectivity index (χ0v) is 18.7. The Morgan fingerprint density at radius 3 is 2.67 bits per heavy atom. The van der Waals surface area contributed by atoms with Crippen LogP contribution in [0.15, 0.2) is 24.5 Å². The van der Waals surface area contributed by atoms with Crippen molar-refractivity contribution < 1.29 is 27.1 Å². The van der Waals surface area contributed by atoms with Crippen LogP contribution in [0.3, 0.4) is 0 Å². The van der Waals surface area contributed by atoms with Crippen LogP contribution in [0.5, 0.6) is 5.88 Å². The van der Waals surface area contributed by atoms with Crippen LogP contribution in [0, 0.1) is 6.92 Å². The number of hydrogen-bond donors (Lipinski definition) is 1. The second-order valence-corrected chi connectivity index (χ2v) is 8.66. The van der Waals surface area contributed by atoms with Crippen molar-refractivity contribution in [2.24, 2.45) is 0 Å². The lowest BCUT2D eigenvalue weighted by molar-refractivity contribution is -0.148. The van der Waals surface area contributed by atoms with Gasteiger partial charge in [-0.2, -0.15) is 8.78 Å². The lowest BCUT2D eigenvalue weighted by Gasteiger charge is -2.31. The summed E-state index contributed by atoms with van der Waals surface area (Å²) in [6.07, 6.45) is 1.76. The van der Waals surface area contributed by atoms with Gasteiger partial charge in [0.2, 0.25) is 11.8 Å². The highest BCUT2D eigenvalue weighted by Gasteiger charge is 2.56. The van der Waals surface area contributed by atoms with E-state index in [1.807, 2.05) is 13.0 Å². The van der Waals surface area contributed by atoms with Crippen LogP contribution in [-0.2, 0) is 16.9 Å². The summed E-state index contributed by atoms with van der Waals surface area (Å²) < 4.78 is 56.0. The Morgan fingerprint density at radius 2 is 2.06 bits per heavy atom. The molecule has 1 unspecified atom stereocenters. The maximum atomic E-state index is 13.2. The molecule has 2 aromatic heterocycles. The molecule has 1 N–H and O–H groups in total. The summed E-state index contributed by atoms with van der Waals surface area (Å²) in [5.41, 5.74) is 3.37. The number of hydrogen-bond acceptors (Lipinski definition) is 5. The number of carbonyl (C=O) groups excluding carboxylic acids is 1. The Morgan fingerprint density at radius 1 is 1.33 bits per heavy atom. The standard InChI is InChI=1S/C23H26F4N4O2/c1-4-18(32)30-19-16-11-31(22(6-7-22)17(16)5-8-28-19)14(3)15-9-13(2)20(29-10-15)33-12-23(26,27)21(24)25/h5,8-10,14,21H,4,6-7,11-12H2,1-3H3,(H,28,30,32). The van der Waals surface area contributed by atoms with E-state index in [9.17, 15) is 22.4 Å². The van der Waals surface area contributed by atoms with Crippen molar-refractivity contribution in [3.05, 3.63) is 46.8 Å². The molecule has 1 spiro atoms. The van der Waals surface area contributed by atoms with Crippen molar-refractivity contribution in [2.45, 2.75) is 70.5 Å². The number of pyridine rings is 2. The van der Waals surface area contributed by atoms with Crippen LogP contribution < -0.4 is 10.1 Å². The Labute approximate surface area is 189 Å². The molecule has 0 aromatic carbocycles. The Hall–Kier alpha value is -2.75. The minimum atomic E-state index is -4.24. The van der Waals surface area contributed by atoms with Gasteiger partial charge in [0, 0.05) is 48.1 Å². The maximum Gasteiger partial charge on any atom is 0.340 e. The van der Waals surface area contributed by atoms with E-state index >= 15 is 0 Å². The number of amides is 1. The predicted molar refractivity (Wildman–Crippen MR) is 113 cm³/mol. The van der Waals surface area contributed by atoms with Crippen molar-refractivity contribution >= 4 is 11.7 Å². The first-order valence-corrected chi connectivity index (χ1v) is 10.9. The van der Waals surface area contributed by atoms with Gasteiger partial charge >= 0.3 is 12.3 Å². The molecule has 33 heavy (non-hydrogen) atoms. The van der Waals surface area contributed by atoms with E-state index < -0.39 is 19.0 Å². The topological polar surface area (TPSA) is 67.4 Å². The van der Waals surface area contributed by atoms with E-state index in [1.165, 1.54) is 6.20 Å². The van der Waals surface area contributed by atoms with Crippen LogP contribution in [0.25, 0.3) is 0 Å². The number of carbonyl (C=O) groups is 1. The van der Waals surface area contributed by atoms with Gasteiger partial charge in [-0.25, -0.2) is 18.7 Å². The monoisotopic (exact) mass is 466 g/mol. The molecule has 1 amide bonds. The highest BCUT2D eigenvalue weighted by atomic mass is 19.3. The molecule has 1 aliphatic carbocycles. The zero-order valence-electron chi connectivity index (χ0n) is 18.7. The van der Waals surface area contributed by atoms with Crippen molar-refractivity contribution in [2.75, 3.05) is 11.9 Å². The van der Waals surface area contributed by atoms with Crippen molar-refractivity contribution in [1.82, 2.24) is 14.9 Å². The van der Waals surface area contributed by atoms with E-state index in [0.717, 1.165) is 29.5 Å². The minimum absolute atomic E-state index is 0.0719.